The number of halogens is 1. The van der Waals surface area contributed by atoms with Gasteiger partial charge in [0, 0.05) is 7.11 Å². The van der Waals surface area contributed by atoms with Crippen LogP contribution < -0.4 is 5.73 Å². The molecule has 0 amide bonds. The first-order chi connectivity index (χ1) is 11.3. The first-order valence-electron chi connectivity index (χ1n) is 6.80. The summed E-state index contributed by atoms with van der Waals surface area (Å²) in [6.45, 7) is 0. The number of methoxy groups -OCH3 is 1. The molecule has 3 unspecified atom stereocenters. The third kappa shape index (κ3) is 2.44. The Balaban J connectivity index is 1.93. The summed E-state index contributed by atoms with van der Waals surface area (Å²) in [5.41, 5.74) is 6.05. The van der Waals surface area contributed by atoms with Crippen LogP contribution in [0.4, 0.5) is 4.39 Å². The Kier molecular flexibility index (Phi) is 4.01. The maximum atomic E-state index is 14.4. The molecule has 5 N–H and O–H groups in total. The molecule has 12 heteroatoms. The number of carboxylic acids is 1. The average molecular weight is 343 g/mol. The second-order valence-electron chi connectivity index (χ2n) is 5.27. The number of hydrogen-bond donors (Lipinski definition) is 4. The number of fused-ring (bicyclic) bond motifs is 1. The first kappa shape index (κ1) is 16.7. The van der Waals surface area contributed by atoms with Crippen molar-refractivity contribution in [1.29, 1.82) is 0 Å². The van der Waals surface area contributed by atoms with E-state index in [2.05, 4.69) is 20.0 Å². The number of ether oxygens (including phenoxy) is 2. The molecule has 3 heterocycles. The number of rotatable bonds is 4. The van der Waals surface area contributed by atoms with E-state index in [1.165, 1.54) is 13.4 Å². The van der Waals surface area contributed by atoms with Crippen LogP contribution in [0.2, 0.25) is 0 Å². The van der Waals surface area contributed by atoms with Crippen molar-refractivity contribution in [2.45, 2.75) is 36.4 Å². The van der Waals surface area contributed by atoms with Crippen molar-refractivity contribution in [3.05, 3.63) is 0 Å². The lowest BCUT2D eigenvalue weighted by Crippen LogP contribution is -2.54. The lowest BCUT2D eigenvalue weighted by atomic mass is 10.0. The predicted molar refractivity (Wildman–Crippen MR) is 77.9 cm³/mol. The largest absolute Gasteiger partial charge is 0.479 e. The van der Waals surface area contributed by atoms with Gasteiger partial charge in [-0.25, -0.2) is 29.2 Å². The van der Waals surface area contributed by atoms with E-state index < -0.39 is 42.4 Å². The Morgan fingerprint density at radius 1 is 1.58 bits per heavy atom. The zero-order valence-corrected chi connectivity index (χ0v) is 12.3. The monoisotopic (exact) mass is 343 g/mol. The van der Waals surface area contributed by atoms with E-state index in [-0.39, 0.29) is 17.4 Å². The van der Waals surface area contributed by atoms with Crippen molar-refractivity contribution in [1.82, 2.24) is 0 Å². The topological polar surface area (TPSA) is 172 Å². The Hall–Kier alpha value is -2.12. The summed E-state index contributed by atoms with van der Waals surface area (Å²) in [5, 5.41) is 28.1. The van der Waals surface area contributed by atoms with E-state index in [0.29, 0.717) is 0 Å². The summed E-state index contributed by atoms with van der Waals surface area (Å²) in [4.78, 5) is 26.5. The molecule has 0 aromatic rings. The second-order valence-corrected chi connectivity index (χ2v) is 5.27. The van der Waals surface area contributed by atoms with Gasteiger partial charge in [0.05, 0.1) is 0 Å². The van der Waals surface area contributed by atoms with Gasteiger partial charge in [-0.3, -0.25) is 5.73 Å². The molecule has 0 aromatic heterocycles. The maximum Gasteiger partial charge on any atom is 0.335 e. The number of nitrogens with zero attached hydrogens (tertiary/aromatic N) is 4. The fraction of sp³-hybridized carbons (Fsp3) is 0.583. The van der Waals surface area contributed by atoms with Crippen LogP contribution in [0, 0.1) is 0 Å². The van der Waals surface area contributed by atoms with Crippen LogP contribution >= 0.6 is 0 Å². The molecule has 0 aliphatic carbocycles. The first-order valence-corrected chi connectivity index (χ1v) is 6.80. The van der Waals surface area contributed by atoms with Crippen molar-refractivity contribution < 1.29 is 34.0 Å². The van der Waals surface area contributed by atoms with Crippen molar-refractivity contribution in [2.24, 2.45) is 25.7 Å². The molecule has 0 radical (unpaired) electrons. The molecule has 0 spiro atoms. The van der Waals surface area contributed by atoms with Gasteiger partial charge in [-0.1, -0.05) is 0 Å². The third-order valence-corrected chi connectivity index (χ3v) is 3.80. The molecule has 1 saturated heterocycles. The van der Waals surface area contributed by atoms with Crippen LogP contribution in [0.3, 0.4) is 0 Å². The highest BCUT2D eigenvalue weighted by molar-refractivity contribution is 6.50. The van der Waals surface area contributed by atoms with Gasteiger partial charge in [0.2, 0.25) is 0 Å². The van der Waals surface area contributed by atoms with Crippen LogP contribution in [0.25, 0.3) is 0 Å². The number of aliphatic hydroxyl groups excluding tert-OH is 2. The SMILES string of the molecule is COC1(N)N=C(C2O[C@H](C(O)C(=O)O)[C@@H](O)[C@@H]2F)N=C2N=CN=C21. The molecule has 11 nitrogen and oxygen atoms in total. The molecular weight excluding hydrogens is 329 g/mol. The van der Waals surface area contributed by atoms with Crippen molar-refractivity contribution in [3.63, 3.8) is 0 Å². The Bertz CT molecular complexity index is 693. The highest BCUT2D eigenvalue weighted by Crippen LogP contribution is 2.30. The Morgan fingerprint density at radius 3 is 2.92 bits per heavy atom. The van der Waals surface area contributed by atoms with Crippen LogP contribution in [-0.4, -0.2) is 88.6 Å². The molecule has 0 saturated carbocycles. The lowest BCUT2D eigenvalue weighted by molar-refractivity contribution is -0.157. The fourth-order valence-corrected chi connectivity index (χ4v) is 2.51. The Labute approximate surface area is 134 Å². The van der Waals surface area contributed by atoms with Crippen LogP contribution in [0.5, 0.6) is 0 Å². The zero-order chi connectivity index (χ0) is 17.6. The van der Waals surface area contributed by atoms with Gasteiger partial charge in [0.25, 0.3) is 5.85 Å². The standard InChI is InChI=1S/C12H14FN5O6/c1-23-12(14)8-10(16-2-15-8)17-9(18-12)6-3(13)4(19)7(24-6)5(20)11(21)22/h2-7,19-20H,14H2,1H3,(H,21,22)/t3-,4-,5?,6?,7-,12?/m0/s1. The van der Waals surface area contributed by atoms with E-state index in [1.54, 1.807) is 0 Å². The van der Waals surface area contributed by atoms with Crippen molar-refractivity contribution in [2.75, 3.05) is 7.11 Å². The van der Waals surface area contributed by atoms with Crippen LogP contribution in [0.1, 0.15) is 0 Å². The molecule has 0 aromatic carbocycles. The highest BCUT2D eigenvalue weighted by Gasteiger charge is 2.53. The lowest BCUT2D eigenvalue weighted by Gasteiger charge is -2.28. The number of nitrogens with two attached hydrogens (primary N) is 1. The molecule has 0 bridgehead atoms. The number of aliphatic imine (C=N–C) groups is 4. The summed E-state index contributed by atoms with van der Waals surface area (Å²) < 4.78 is 24.6. The summed E-state index contributed by atoms with van der Waals surface area (Å²) in [5.74, 6) is -3.69. The number of carbonyl (C=O) groups is 1. The molecule has 130 valence electrons. The number of aliphatic carboxylic acids is 1. The second kappa shape index (κ2) is 5.75. The zero-order valence-electron chi connectivity index (χ0n) is 12.3. The van der Waals surface area contributed by atoms with Crippen LogP contribution in [-0.2, 0) is 14.3 Å². The quantitative estimate of drug-likeness (QED) is 0.407. The van der Waals surface area contributed by atoms with Gasteiger partial charge in [-0.05, 0) is 0 Å². The summed E-state index contributed by atoms with van der Waals surface area (Å²) in [6.07, 6.45) is -8.17. The van der Waals surface area contributed by atoms with Gasteiger partial charge < -0.3 is 24.8 Å². The molecule has 6 atom stereocenters. The number of carboxylic acid groups (broad SMARTS) is 1. The van der Waals surface area contributed by atoms with Gasteiger partial charge >= 0.3 is 5.97 Å². The minimum Gasteiger partial charge on any atom is -0.479 e. The van der Waals surface area contributed by atoms with Crippen LogP contribution in [0.15, 0.2) is 20.0 Å². The van der Waals surface area contributed by atoms with Gasteiger partial charge in [-0.15, -0.1) is 0 Å². The normalized spacial score (nSPS) is 39.1. The smallest absolute Gasteiger partial charge is 0.335 e. The summed E-state index contributed by atoms with van der Waals surface area (Å²) >= 11 is 0. The predicted octanol–water partition coefficient (Wildman–Crippen LogP) is -2.55. The van der Waals surface area contributed by atoms with E-state index in [0.717, 1.165) is 0 Å². The van der Waals surface area contributed by atoms with E-state index in [9.17, 15) is 19.4 Å². The van der Waals surface area contributed by atoms with Gasteiger partial charge in [0.15, 0.2) is 35.8 Å². The van der Waals surface area contributed by atoms with Crippen molar-refractivity contribution >= 4 is 29.7 Å². The summed E-state index contributed by atoms with van der Waals surface area (Å²) in [7, 11) is 1.25. The number of hydrogen-bond acceptors (Lipinski definition) is 10. The van der Waals surface area contributed by atoms with E-state index >= 15 is 0 Å². The molecule has 3 rings (SSSR count). The fourth-order valence-electron chi connectivity index (χ4n) is 2.51. The highest BCUT2D eigenvalue weighted by atomic mass is 19.1. The van der Waals surface area contributed by atoms with Gasteiger partial charge in [-0.2, -0.15) is 0 Å². The molecule has 3 aliphatic rings. The maximum absolute atomic E-state index is 14.4. The Morgan fingerprint density at radius 2 is 2.29 bits per heavy atom. The minimum absolute atomic E-state index is 0.0388. The molecule has 3 aliphatic heterocycles. The molecular formula is C12H14FN5O6. The molecule has 1 fully saturated rings. The third-order valence-electron chi connectivity index (χ3n) is 3.80. The van der Waals surface area contributed by atoms with E-state index in [1.807, 2.05) is 0 Å². The number of alkyl halides is 1. The number of aliphatic hydroxyl groups is 2. The van der Waals surface area contributed by atoms with E-state index in [4.69, 9.17) is 20.3 Å². The molecule has 24 heavy (non-hydrogen) atoms. The number of amidine groups is 2. The van der Waals surface area contributed by atoms with Gasteiger partial charge in [0.1, 0.15) is 18.5 Å². The summed E-state index contributed by atoms with van der Waals surface area (Å²) in [6, 6.07) is 0. The average Bonchev–Trinajstić information content (AvgIpc) is 3.13. The minimum atomic E-state index is -2.12. The van der Waals surface area contributed by atoms with Crippen molar-refractivity contribution in [3.8, 4) is 0 Å².